The second kappa shape index (κ2) is 4.60. The third-order valence-corrected chi connectivity index (χ3v) is 3.41. The lowest BCUT2D eigenvalue weighted by atomic mass is 9.94. The maximum absolute atomic E-state index is 9.51. The fraction of sp³-hybridized carbons (Fsp3) is 0.429. The van der Waals surface area contributed by atoms with E-state index in [2.05, 4.69) is 25.0 Å². The van der Waals surface area contributed by atoms with Gasteiger partial charge in [0.15, 0.2) is 0 Å². The summed E-state index contributed by atoms with van der Waals surface area (Å²) in [6.45, 7) is 4.47. The van der Waals surface area contributed by atoms with E-state index < -0.39 is 0 Å². The van der Waals surface area contributed by atoms with Gasteiger partial charge in [0.1, 0.15) is 5.75 Å². The van der Waals surface area contributed by atoms with Crippen LogP contribution in [-0.4, -0.2) is 10.1 Å². The molecule has 2 heteroatoms. The van der Waals surface area contributed by atoms with Gasteiger partial charge in [0.25, 0.3) is 0 Å². The van der Waals surface area contributed by atoms with Crippen molar-refractivity contribution in [3.63, 3.8) is 0 Å². The molecule has 0 spiro atoms. The molecule has 0 amide bonds. The Bertz CT molecular complexity index is 469. The van der Waals surface area contributed by atoms with Crippen molar-refractivity contribution in [2.45, 2.75) is 33.1 Å². The molecule has 0 saturated carbocycles. The molecule has 0 aliphatic carbocycles. The van der Waals surface area contributed by atoms with Crippen LogP contribution in [0.2, 0.25) is 0 Å². The van der Waals surface area contributed by atoms with Gasteiger partial charge in [-0.3, -0.25) is 0 Å². The zero-order valence-electron chi connectivity index (χ0n) is 9.96. The molecule has 0 saturated heterocycles. The molecule has 0 atom stereocenters. The monoisotopic (exact) mass is 217 g/mol. The minimum Gasteiger partial charge on any atom is -0.508 e. The number of rotatable bonds is 4. The van der Waals surface area contributed by atoms with Crippen molar-refractivity contribution in [1.29, 1.82) is 0 Å². The van der Waals surface area contributed by atoms with Gasteiger partial charge in [0.2, 0.25) is 0 Å². The number of aromatic nitrogens is 1. The first kappa shape index (κ1) is 11.1. The average molecular weight is 217 g/mol. The fourth-order valence-corrected chi connectivity index (χ4v) is 2.22. The molecule has 1 aromatic carbocycles. The van der Waals surface area contributed by atoms with Crippen LogP contribution in [0.1, 0.15) is 32.3 Å². The van der Waals surface area contributed by atoms with Crippen molar-refractivity contribution in [1.82, 2.24) is 4.98 Å². The molecule has 2 nitrogen and oxygen atoms in total. The Kier molecular flexibility index (Phi) is 3.18. The Balaban J connectivity index is 2.33. The predicted octanol–water partition coefficient (Wildman–Crippen LogP) is 3.85. The lowest BCUT2D eigenvalue weighted by Gasteiger charge is -2.10. The van der Waals surface area contributed by atoms with Gasteiger partial charge in [-0.15, -0.1) is 0 Å². The van der Waals surface area contributed by atoms with Gasteiger partial charge in [-0.05, 0) is 36.1 Å². The molecule has 2 aromatic rings. The van der Waals surface area contributed by atoms with Crippen LogP contribution in [0.25, 0.3) is 10.9 Å². The molecule has 1 heterocycles. The van der Waals surface area contributed by atoms with Crippen LogP contribution in [0.15, 0.2) is 24.4 Å². The SMILES string of the molecule is CCC(CC)Cc1c[nH]c2ccc(O)cc12. The Morgan fingerprint density at radius 2 is 2.00 bits per heavy atom. The summed E-state index contributed by atoms with van der Waals surface area (Å²) < 4.78 is 0. The second-order valence-electron chi connectivity index (χ2n) is 4.43. The van der Waals surface area contributed by atoms with Crippen LogP contribution < -0.4 is 0 Å². The first-order valence-electron chi connectivity index (χ1n) is 6.03. The van der Waals surface area contributed by atoms with E-state index in [1.165, 1.54) is 18.4 Å². The van der Waals surface area contributed by atoms with Crippen LogP contribution in [0.3, 0.4) is 0 Å². The van der Waals surface area contributed by atoms with E-state index in [4.69, 9.17) is 0 Å². The summed E-state index contributed by atoms with van der Waals surface area (Å²) >= 11 is 0. The summed E-state index contributed by atoms with van der Waals surface area (Å²) in [6.07, 6.45) is 5.59. The van der Waals surface area contributed by atoms with Gasteiger partial charge in [0, 0.05) is 17.1 Å². The Morgan fingerprint density at radius 1 is 1.25 bits per heavy atom. The first-order chi connectivity index (χ1) is 7.74. The fourth-order valence-electron chi connectivity index (χ4n) is 2.22. The molecule has 0 fully saturated rings. The van der Waals surface area contributed by atoms with Gasteiger partial charge >= 0.3 is 0 Å². The second-order valence-corrected chi connectivity index (χ2v) is 4.43. The minimum atomic E-state index is 0.345. The molecule has 0 aliphatic heterocycles. The summed E-state index contributed by atoms with van der Waals surface area (Å²) in [6, 6.07) is 5.50. The number of nitrogens with one attached hydrogen (secondary N) is 1. The normalized spacial score (nSPS) is 11.4. The molecular weight excluding hydrogens is 198 g/mol. The molecule has 1 aromatic heterocycles. The lowest BCUT2D eigenvalue weighted by molar-refractivity contribution is 0.475. The Hall–Kier alpha value is -1.44. The number of hydrogen-bond acceptors (Lipinski definition) is 1. The number of phenols is 1. The van der Waals surface area contributed by atoms with E-state index in [9.17, 15) is 5.11 Å². The molecular formula is C14H19NO. The van der Waals surface area contributed by atoms with E-state index in [0.29, 0.717) is 5.75 Å². The zero-order chi connectivity index (χ0) is 11.5. The maximum Gasteiger partial charge on any atom is 0.116 e. The van der Waals surface area contributed by atoms with E-state index in [-0.39, 0.29) is 0 Å². The molecule has 0 unspecified atom stereocenters. The van der Waals surface area contributed by atoms with Crippen molar-refractivity contribution >= 4 is 10.9 Å². The summed E-state index contributed by atoms with van der Waals surface area (Å²) in [5, 5.41) is 10.7. The maximum atomic E-state index is 9.51. The van der Waals surface area contributed by atoms with Crippen molar-refractivity contribution in [2.24, 2.45) is 5.92 Å². The van der Waals surface area contributed by atoms with Gasteiger partial charge in [0.05, 0.1) is 0 Å². The molecule has 2 rings (SSSR count). The number of fused-ring (bicyclic) bond motifs is 1. The van der Waals surface area contributed by atoms with Gasteiger partial charge in [-0.25, -0.2) is 0 Å². The van der Waals surface area contributed by atoms with Crippen molar-refractivity contribution in [2.75, 3.05) is 0 Å². The number of hydrogen-bond donors (Lipinski definition) is 2. The molecule has 0 bridgehead atoms. The largest absolute Gasteiger partial charge is 0.508 e. The number of H-pyrrole nitrogens is 1. The zero-order valence-corrected chi connectivity index (χ0v) is 9.96. The Morgan fingerprint density at radius 3 is 2.69 bits per heavy atom. The molecule has 2 N–H and O–H groups in total. The highest BCUT2D eigenvalue weighted by Crippen LogP contribution is 2.26. The number of aromatic hydroxyl groups is 1. The lowest BCUT2D eigenvalue weighted by Crippen LogP contribution is -2.00. The summed E-state index contributed by atoms with van der Waals surface area (Å²) in [7, 11) is 0. The third-order valence-electron chi connectivity index (χ3n) is 3.41. The van der Waals surface area contributed by atoms with Crippen molar-refractivity contribution < 1.29 is 5.11 Å². The van der Waals surface area contributed by atoms with Crippen LogP contribution in [0, 0.1) is 5.92 Å². The predicted molar refractivity (Wildman–Crippen MR) is 67.7 cm³/mol. The molecule has 0 radical (unpaired) electrons. The van der Waals surface area contributed by atoms with Crippen LogP contribution in [0.5, 0.6) is 5.75 Å². The summed E-state index contributed by atoms with van der Waals surface area (Å²) in [5.41, 5.74) is 2.43. The first-order valence-corrected chi connectivity index (χ1v) is 6.03. The Labute approximate surface area is 96.3 Å². The van der Waals surface area contributed by atoms with Gasteiger partial charge in [-0.1, -0.05) is 26.7 Å². The standard InChI is InChI=1S/C14H19NO/c1-3-10(4-2)7-11-9-15-14-6-5-12(16)8-13(11)14/h5-6,8-10,15-16H,3-4,7H2,1-2H3. The van der Waals surface area contributed by atoms with Crippen LogP contribution in [-0.2, 0) is 6.42 Å². The highest BCUT2D eigenvalue weighted by Gasteiger charge is 2.09. The molecule has 0 aliphatic rings. The summed E-state index contributed by atoms with van der Waals surface area (Å²) in [5.74, 6) is 1.08. The van der Waals surface area contributed by atoms with E-state index in [1.54, 1.807) is 6.07 Å². The molecule has 86 valence electrons. The van der Waals surface area contributed by atoms with E-state index >= 15 is 0 Å². The smallest absolute Gasteiger partial charge is 0.116 e. The average Bonchev–Trinajstić information content (AvgIpc) is 2.68. The van der Waals surface area contributed by atoms with E-state index in [1.807, 2.05) is 12.1 Å². The highest BCUT2D eigenvalue weighted by atomic mass is 16.3. The number of phenolic OH excluding ortho intramolecular Hbond substituents is 1. The van der Waals surface area contributed by atoms with E-state index in [0.717, 1.165) is 23.2 Å². The molecule has 16 heavy (non-hydrogen) atoms. The van der Waals surface area contributed by atoms with Gasteiger partial charge < -0.3 is 10.1 Å². The highest BCUT2D eigenvalue weighted by molar-refractivity contribution is 5.84. The minimum absolute atomic E-state index is 0.345. The quantitative estimate of drug-likeness (QED) is 0.801. The van der Waals surface area contributed by atoms with Crippen molar-refractivity contribution in [3.05, 3.63) is 30.0 Å². The number of aromatic amines is 1. The topological polar surface area (TPSA) is 36.0 Å². The van der Waals surface area contributed by atoms with Crippen LogP contribution in [0.4, 0.5) is 0 Å². The summed E-state index contributed by atoms with van der Waals surface area (Å²) in [4.78, 5) is 3.26. The number of benzene rings is 1. The van der Waals surface area contributed by atoms with Crippen molar-refractivity contribution in [3.8, 4) is 5.75 Å². The third kappa shape index (κ3) is 2.06. The van der Waals surface area contributed by atoms with Gasteiger partial charge in [-0.2, -0.15) is 0 Å². The van der Waals surface area contributed by atoms with Crippen LogP contribution >= 0.6 is 0 Å².